The number of anilines is 1. The Labute approximate surface area is 153 Å². The number of fused-ring (bicyclic) bond motifs is 2. The first-order chi connectivity index (χ1) is 12.8. The van der Waals surface area contributed by atoms with Crippen LogP contribution in [-0.2, 0) is 0 Å². The van der Waals surface area contributed by atoms with E-state index >= 15 is 0 Å². The zero-order chi connectivity index (χ0) is 17.8. The highest BCUT2D eigenvalue weighted by molar-refractivity contribution is 5.95. The summed E-state index contributed by atoms with van der Waals surface area (Å²) >= 11 is 0. The van der Waals surface area contributed by atoms with Gasteiger partial charge in [0, 0.05) is 29.8 Å². The molecular weight excluding hydrogens is 320 g/mol. The monoisotopic (exact) mass is 342 g/mol. The molecule has 0 aliphatic rings. The molecular formula is C23H22N2O. The number of hydrogen-bond donors (Lipinski definition) is 2. The Bertz CT molecular complexity index is 1040. The Kier molecular flexibility index (Phi) is 4.80. The molecule has 130 valence electrons. The molecule has 0 amide bonds. The van der Waals surface area contributed by atoms with Gasteiger partial charge in [0.25, 0.3) is 0 Å². The predicted molar refractivity (Wildman–Crippen MR) is 109 cm³/mol. The van der Waals surface area contributed by atoms with Crippen molar-refractivity contribution in [1.29, 1.82) is 0 Å². The van der Waals surface area contributed by atoms with E-state index in [4.69, 9.17) is 10.1 Å². The molecule has 2 N–H and O–H groups in total. The summed E-state index contributed by atoms with van der Waals surface area (Å²) in [5, 5.41) is 16.1. The lowest BCUT2D eigenvalue weighted by atomic mass is 10.0. The molecule has 3 heteroatoms. The zero-order valence-electron chi connectivity index (χ0n) is 14.7. The van der Waals surface area contributed by atoms with Crippen molar-refractivity contribution in [2.75, 3.05) is 18.5 Å². The topological polar surface area (TPSA) is 45.1 Å². The van der Waals surface area contributed by atoms with E-state index in [0.29, 0.717) is 0 Å². The number of nitrogens with one attached hydrogen (secondary N) is 1. The molecule has 26 heavy (non-hydrogen) atoms. The van der Waals surface area contributed by atoms with Crippen LogP contribution < -0.4 is 5.32 Å². The third-order valence-corrected chi connectivity index (χ3v) is 4.66. The Morgan fingerprint density at radius 1 is 0.808 bits per heavy atom. The molecule has 1 heterocycles. The molecule has 0 fully saturated rings. The molecule has 3 aromatic carbocycles. The van der Waals surface area contributed by atoms with Gasteiger partial charge < -0.3 is 10.4 Å². The Balaban J connectivity index is 1.76. The number of unbranched alkanes of at least 4 members (excludes halogenated alkanes) is 1. The number of aliphatic hydroxyl groups is 1. The predicted octanol–water partition coefficient (Wildman–Crippen LogP) is 5.24. The number of pyridine rings is 1. The zero-order valence-corrected chi connectivity index (χ0v) is 14.7. The van der Waals surface area contributed by atoms with E-state index in [0.717, 1.165) is 47.2 Å². The number of rotatable bonds is 6. The first-order valence-electron chi connectivity index (χ1n) is 9.09. The number of aromatic nitrogens is 1. The van der Waals surface area contributed by atoms with Gasteiger partial charge >= 0.3 is 0 Å². The first kappa shape index (κ1) is 16.6. The second kappa shape index (κ2) is 7.54. The van der Waals surface area contributed by atoms with Crippen LogP contribution in [0.3, 0.4) is 0 Å². The van der Waals surface area contributed by atoms with Crippen LogP contribution in [0.4, 0.5) is 5.69 Å². The van der Waals surface area contributed by atoms with Crippen molar-refractivity contribution in [3.05, 3.63) is 72.8 Å². The quantitative estimate of drug-likeness (QED) is 0.471. The van der Waals surface area contributed by atoms with Crippen molar-refractivity contribution >= 4 is 27.4 Å². The third kappa shape index (κ3) is 3.39. The third-order valence-electron chi connectivity index (χ3n) is 4.66. The van der Waals surface area contributed by atoms with Crippen LogP contribution in [0.2, 0.25) is 0 Å². The van der Waals surface area contributed by atoms with Crippen LogP contribution >= 0.6 is 0 Å². The van der Waals surface area contributed by atoms with Crippen LogP contribution in [0.1, 0.15) is 12.8 Å². The molecule has 0 radical (unpaired) electrons. The minimum atomic E-state index is 0.237. The van der Waals surface area contributed by atoms with Crippen molar-refractivity contribution in [2.24, 2.45) is 0 Å². The van der Waals surface area contributed by atoms with Crippen LogP contribution in [-0.4, -0.2) is 23.2 Å². The summed E-state index contributed by atoms with van der Waals surface area (Å²) < 4.78 is 0. The van der Waals surface area contributed by atoms with E-state index in [1.807, 2.05) is 12.1 Å². The Hall–Kier alpha value is -2.91. The van der Waals surface area contributed by atoms with Gasteiger partial charge in [0.15, 0.2) is 0 Å². The summed E-state index contributed by atoms with van der Waals surface area (Å²) in [6.45, 7) is 1.08. The van der Waals surface area contributed by atoms with Gasteiger partial charge in [-0.2, -0.15) is 0 Å². The fraction of sp³-hybridized carbons (Fsp3) is 0.174. The van der Waals surface area contributed by atoms with E-state index in [1.165, 1.54) is 10.8 Å². The van der Waals surface area contributed by atoms with E-state index in [9.17, 15) is 0 Å². The highest BCUT2D eigenvalue weighted by Gasteiger charge is 2.08. The van der Waals surface area contributed by atoms with Crippen molar-refractivity contribution < 1.29 is 5.11 Å². The summed E-state index contributed by atoms with van der Waals surface area (Å²) in [7, 11) is 0. The molecule has 0 spiro atoms. The van der Waals surface area contributed by atoms with Gasteiger partial charge in [-0.15, -0.1) is 0 Å². The fourth-order valence-corrected chi connectivity index (χ4v) is 3.28. The molecule has 0 saturated carbocycles. The van der Waals surface area contributed by atoms with Gasteiger partial charge in [0.05, 0.1) is 11.2 Å². The second-order valence-electron chi connectivity index (χ2n) is 6.49. The number of para-hydroxylation sites is 1. The minimum absolute atomic E-state index is 0.237. The lowest BCUT2D eigenvalue weighted by Gasteiger charge is -2.12. The molecule has 0 saturated heterocycles. The van der Waals surface area contributed by atoms with Gasteiger partial charge in [-0.3, -0.25) is 0 Å². The fourth-order valence-electron chi connectivity index (χ4n) is 3.28. The largest absolute Gasteiger partial charge is 0.396 e. The summed E-state index contributed by atoms with van der Waals surface area (Å²) in [4.78, 5) is 4.88. The van der Waals surface area contributed by atoms with Gasteiger partial charge in [0.2, 0.25) is 0 Å². The SMILES string of the molecule is OCCCCNc1cc(-c2ccc3ccccc3c2)nc2ccccc12. The second-order valence-corrected chi connectivity index (χ2v) is 6.49. The molecule has 0 aliphatic carbocycles. The van der Waals surface area contributed by atoms with Gasteiger partial charge in [-0.1, -0.05) is 54.6 Å². The molecule has 4 rings (SSSR count). The Morgan fingerprint density at radius 3 is 2.50 bits per heavy atom. The minimum Gasteiger partial charge on any atom is -0.396 e. The standard InChI is InChI=1S/C23H22N2O/c26-14-6-5-13-24-23-16-22(25-21-10-4-3-9-20(21)23)19-12-11-17-7-1-2-8-18(17)15-19/h1-4,7-12,15-16,26H,5-6,13-14H2,(H,24,25). The highest BCUT2D eigenvalue weighted by atomic mass is 16.2. The normalized spacial score (nSPS) is 11.1. The molecule has 0 atom stereocenters. The molecule has 3 nitrogen and oxygen atoms in total. The van der Waals surface area contributed by atoms with Gasteiger partial charge in [-0.25, -0.2) is 4.98 Å². The number of benzene rings is 3. The molecule has 0 aliphatic heterocycles. The smallest absolute Gasteiger partial charge is 0.0730 e. The van der Waals surface area contributed by atoms with E-state index < -0.39 is 0 Å². The van der Waals surface area contributed by atoms with Crippen LogP contribution in [0.25, 0.3) is 32.9 Å². The van der Waals surface area contributed by atoms with Crippen molar-refractivity contribution in [2.45, 2.75) is 12.8 Å². The average molecular weight is 342 g/mol. The molecule has 4 aromatic rings. The summed E-state index contributed by atoms with van der Waals surface area (Å²) in [5.74, 6) is 0. The highest BCUT2D eigenvalue weighted by Crippen LogP contribution is 2.30. The number of nitrogens with zero attached hydrogens (tertiary/aromatic N) is 1. The summed E-state index contributed by atoms with van der Waals surface area (Å²) in [6.07, 6.45) is 1.76. The van der Waals surface area contributed by atoms with Crippen molar-refractivity contribution in [3.63, 3.8) is 0 Å². The number of aliphatic hydroxyl groups excluding tert-OH is 1. The Morgan fingerprint density at radius 2 is 1.62 bits per heavy atom. The van der Waals surface area contributed by atoms with Crippen LogP contribution in [0, 0.1) is 0 Å². The lowest BCUT2D eigenvalue weighted by Crippen LogP contribution is -2.04. The van der Waals surface area contributed by atoms with Gasteiger partial charge in [-0.05, 0) is 41.8 Å². The van der Waals surface area contributed by atoms with E-state index in [-0.39, 0.29) is 6.61 Å². The maximum absolute atomic E-state index is 8.98. The summed E-state index contributed by atoms with van der Waals surface area (Å²) in [6, 6.07) is 25.2. The lowest BCUT2D eigenvalue weighted by molar-refractivity contribution is 0.286. The molecule has 0 unspecified atom stereocenters. The van der Waals surface area contributed by atoms with Crippen LogP contribution in [0.5, 0.6) is 0 Å². The average Bonchev–Trinajstić information content (AvgIpc) is 2.70. The van der Waals surface area contributed by atoms with Crippen molar-refractivity contribution in [3.8, 4) is 11.3 Å². The first-order valence-corrected chi connectivity index (χ1v) is 9.09. The summed E-state index contributed by atoms with van der Waals surface area (Å²) in [5.41, 5.74) is 4.17. The maximum atomic E-state index is 8.98. The van der Waals surface area contributed by atoms with Gasteiger partial charge in [0.1, 0.15) is 0 Å². The molecule has 1 aromatic heterocycles. The molecule has 0 bridgehead atoms. The maximum Gasteiger partial charge on any atom is 0.0730 e. The van der Waals surface area contributed by atoms with E-state index in [1.54, 1.807) is 0 Å². The number of hydrogen-bond acceptors (Lipinski definition) is 3. The van der Waals surface area contributed by atoms with Crippen LogP contribution in [0.15, 0.2) is 72.8 Å². The van der Waals surface area contributed by atoms with Crippen molar-refractivity contribution in [1.82, 2.24) is 4.98 Å². The van der Waals surface area contributed by atoms with E-state index in [2.05, 4.69) is 66.0 Å².